The van der Waals surface area contributed by atoms with Crippen LogP contribution in [-0.4, -0.2) is 28.1 Å². The van der Waals surface area contributed by atoms with Gasteiger partial charge in [-0.15, -0.1) is 0 Å². The Morgan fingerprint density at radius 3 is 2.57 bits per heavy atom. The minimum absolute atomic E-state index is 0.0202. The highest BCUT2D eigenvalue weighted by Crippen LogP contribution is 2.24. The molecule has 0 atom stereocenters. The van der Waals surface area contributed by atoms with Crippen molar-refractivity contribution in [1.29, 1.82) is 0 Å². The van der Waals surface area contributed by atoms with Crippen LogP contribution in [0.1, 0.15) is 37.6 Å². The van der Waals surface area contributed by atoms with Crippen molar-refractivity contribution in [2.75, 3.05) is 13.2 Å². The minimum atomic E-state index is 0.0202. The Morgan fingerprint density at radius 2 is 1.87 bits per heavy atom. The summed E-state index contributed by atoms with van der Waals surface area (Å²) in [5.41, 5.74) is 3.45. The molecular formula is C18H27N3O2. The van der Waals surface area contributed by atoms with Crippen LogP contribution in [0.15, 0.2) is 30.5 Å². The second-order valence-electron chi connectivity index (χ2n) is 6.71. The lowest BCUT2D eigenvalue weighted by Crippen LogP contribution is -2.19. The average Bonchev–Trinajstić information content (AvgIpc) is 2.87. The number of aryl methyl sites for hydroxylation is 1. The fourth-order valence-corrected chi connectivity index (χ4v) is 2.58. The second-order valence-corrected chi connectivity index (χ2v) is 6.71. The summed E-state index contributed by atoms with van der Waals surface area (Å²) in [4.78, 5) is 0. The van der Waals surface area contributed by atoms with E-state index in [1.807, 2.05) is 36.0 Å². The van der Waals surface area contributed by atoms with Gasteiger partial charge in [0.05, 0.1) is 12.3 Å². The zero-order valence-corrected chi connectivity index (χ0v) is 14.5. The van der Waals surface area contributed by atoms with Gasteiger partial charge in [-0.05, 0) is 6.07 Å². The largest absolute Gasteiger partial charge is 0.491 e. The van der Waals surface area contributed by atoms with Gasteiger partial charge < -0.3 is 15.2 Å². The number of ether oxygens (including phenoxy) is 1. The summed E-state index contributed by atoms with van der Waals surface area (Å²) >= 11 is 0. The molecule has 5 heteroatoms. The summed E-state index contributed by atoms with van der Waals surface area (Å²) in [7, 11) is 1.96. The zero-order valence-electron chi connectivity index (χ0n) is 14.5. The van der Waals surface area contributed by atoms with Crippen molar-refractivity contribution in [3.05, 3.63) is 47.3 Å². The minimum Gasteiger partial charge on any atom is -0.491 e. The monoisotopic (exact) mass is 317 g/mol. The van der Waals surface area contributed by atoms with Gasteiger partial charge in [0.25, 0.3) is 0 Å². The lowest BCUT2D eigenvalue weighted by atomic mass is 9.89. The lowest BCUT2D eigenvalue weighted by molar-refractivity contribution is 0.200. The molecule has 23 heavy (non-hydrogen) atoms. The molecule has 0 saturated heterocycles. The molecule has 2 N–H and O–H groups in total. The maximum absolute atomic E-state index is 8.90. The Kier molecular flexibility index (Phi) is 5.80. The standard InChI is InChI=1S/C18H27N3O2/c1-18(2,3)17-15(13-21(4)20-17)12-19-11-14-7-5-6-8-16(14)23-10-9-22/h5-8,13,19,22H,9-12H2,1-4H3. The van der Waals surface area contributed by atoms with Crippen molar-refractivity contribution in [2.45, 2.75) is 39.3 Å². The number of hydrogen-bond acceptors (Lipinski definition) is 4. The summed E-state index contributed by atoms with van der Waals surface area (Å²) in [6.07, 6.45) is 2.07. The predicted molar refractivity (Wildman–Crippen MR) is 91.5 cm³/mol. The molecule has 0 saturated carbocycles. The molecule has 5 nitrogen and oxygen atoms in total. The zero-order chi connectivity index (χ0) is 16.9. The van der Waals surface area contributed by atoms with E-state index in [1.54, 1.807) is 0 Å². The number of para-hydroxylation sites is 1. The molecule has 0 aliphatic carbocycles. The Bertz CT molecular complexity index is 629. The van der Waals surface area contributed by atoms with E-state index in [-0.39, 0.29) is 12.0 Å². The van der Waals surface area contributed by atoms with E-state index < -0.39 is 0 Å². The average molecular weight is 317 g/mol. The summed E-state index contributed by atoms with van der Waals surface area (Å²) in [6, 6.07) is 7.90. The highest BCUT2D eigenvalue weighted by atomic mass is 16.5. The lowest BCUT2D eigenvalue weighted by Gasteiger charge is -2.18. The highest BCUT2D eigenvalue weighted by Gasteiger charge is 2.21. The Morgan fingerprint density at radius 1 is 1.17 bits per heavy atom. The van der Waals surface area contributed by atoms with Gasteiger partial charge in [0.2, 0.25) is 0 Å². The van der Waals surface area contributed by atoms with Crippen LogP contribution in [0.2, 0.25) is 0 Å². The molecule has 1 aromatic carbocycles. The number of aliphatic hydroxyl groups excluding tert-OH is 1. The predicted octanol–water partition coefficient (Wildman–Crippen LogP) is 2.38. The molecule has 0 amide bonds. The van der Waals surface area contributed by atoms with Crippen molar-refractivity contribution in [3.8, 4) is 5.75 Å². The van der Waals surface area contributed by atoms with Crippen LogP contribution in [0.3, 0.4) is 0 Å². The molecule has 0 aliphatic heterocycles. The van der Waals surface area contributed by atoms with E-state index in [1.165, 1.54) is 5.56 Å². The maximum Gasteiger partial charge on any atom is 0.123 e. The number of nitrogens with one attached hydrogen (secondary N) is 1. The van der Waals surface area contributed by atoms with E-state index in [4.69, 9.17) is 9.84 Å². The van der Waals surface area contributed by atoms with Gasteiger partial charge >= 0.3 is 0 Å². The van der Waals surface area contributed by atoms with E-state index in [9.17, 15) is 0 Å². The molecule has 0 aliphatic rings. The topological polar surface area (TPSA) is 59.3 Å². The number of nitrogens with zero attached hydrogens (tertiary/aromatic N) is 2. The molecule has 0 spiro atoms. The van der Waals surface area contributed by atoms with Gasteiger partial charge in [-0.25, -0.2) is 0 Å². The number of rotatable bonds is 7. The molecule has 1 aromatic heterocycles. The van der Waals surface area contributed by atoms with Crippen LogP contribution in [0.5, 0.6) is 5.75 Å². The van der Waals surface area contributed by atoms with Crippen molar-refractivity contribution in [3.63, 3.8) is 0 Å². The summed E-state index contributed by atoms with van der Waals surface area (Å²) < 4.78 is 7.44. The van der Waals surface area contributed by atoms with Crippen molar-refractivity contribution in [1.82, 2.24) is 15.1 Å². The van der Waals surface area contributed by atoms with Crippen LogP contribution < -0.4 is 10.1 Å². The van der Waals surface area contributed by atoms with E-state index in [2.05, 4.69) is 37.4 Å². The number of hydrogen-bond donors (Lipinski definition) is 2. The molecule has 0 radical (unpaired) electrons. The van der Waals surface area contributed by atoms with Crippen molar-refractivity contribution < 1.29 is 9.84 Å². The third kappa shape index (κ3) is 4.81. The molecule has 0 unspecified atom stereocenters. The maximum atomic E-state index is 8.90. The molecule has 2 aromatic rings. The highest BCUT2D eigenvalue weighted by molar-refractivity contribution is 5.33. The molecule has 2 rings (SSSR count). The van der Waals surface area contributed by atoms with Gasteiger partial charge in [0, 0.05) is 42.9 Å². The van der Waals surface area contributed by atoms with Crippen LogP contribution in [0.25, 0.3) is 0 Å². The fraction of sp³-hybridized carbons (Fsp3) is 0.500. The molecule has 1 heterocycles. The molecule has 0 bridgehead atoms. The quantitative estimate of drug-likeness (QED) is 0.823. The summed E-state index contributed by atoms with van der Waals surface area (Å²) in [5.74, 6) is 0.816. The molecule has 126 valence electrons. The van der Waals surface area contributed by atoms with Gasteiger partial charge in [0.1, 0.15) is 12.4 Å². The van der Waals surface area contributed by atoms with Gasteiger partial charge in [0.15, 0.2) is 0 Å². The van der Waals surface area contributed by atoms with Crippen molar-refractivity contribution in [2.24, 2.45) is 7.05 Å². The fourth-order valence-electron chi connectivity index (χ4n) is 2.58. The first-order valence-electron chi connectivity index (χ1n) is 7.97. The third-order valence-electron chi connectivity index (χ3n) is 3.57. The van der Waals surface area contributed by atoms with Crippen LogP contribution >= 0.6 is 0 Å². The molecule has 0 fully saturated rings. The summed E-state index contributed by atoms with van der Waals surface area (Å²) in [6.45, 7) is 8.33. The van der Waals surface area contributed by atoms with Crippen molar-refractivity contribution >= 4 is 0 Å². The van der Waals surface area contributed by atoms with E-state index >= 15 is 0 Å². The number of benzene rings is 1. The van der Waals surface area contributed by atoms with Crippen LogP contribution in [-0.2, 0) is 25.6 Å². The second kappa shape index (κ2) is 7.62. The Labute approximate surface area is 138 Å². The summed E-state index contributed by atoms with van der Waals surface area (Å²) in [5, 5.41) is 17.0. The number of aromatic nitrogens is 2. The van der Waals surface area contributed by atoms with Crippen LogP contribution in [0.4, 0.5) is 0 Å². The normalized spacial score (nSPS) is 11.7. The first kappa shape index (κ1) is 17.5. The van der Waals surface area contributed by atoms with Gasteiger partial charge in [-0.1, -0.05) is 39.0 Å². The first-order valence-corrected chi connectivity index (χ1v) is 7.97. The SMILES string of the molecule is Cn1cc(CNCc2ccccc2OCCO)c(C(C)(C)C)n1. The third-order valence-corrected chi connectivity index (χ3v) is 3.57. The molecular weight excluding hydrogens is 290 g/mol. The Balaban J connectivity index is 2.01. The van der Waals surface area contributed by atoms with E-state index in [0.717, 1.165) is 23.6 Å². The van der Waals surface area contributed by atoms with Crippen LogP contribution in [0, 0.1) is 0 Å². The van der Waals surface area contributed by atoms with Gasteiger partial charge in [-0.3, -0.25) is 4.68 Å². The number of aliphatic hydroxyl groups is 1. The smallest absolute Gasteiger partial charge is 0.123 e. The Hall–Kier alpha value is -1.85. The van der Waals surface area contributed by atoms with E-state index in [0.29, 0.717) is 13.2 Å². The first-order chi connectivity index (χ1) is 10.9. The van der Waals surface area contributed by atoms with Gasteiger partial charge in [-0.2, -0.15) is 5.10 Å².